The summed E-state index contributed by atoms with van der Waals surface area (Å²) >= 11 is 0. The summed E-state index contributed by atoms with van der Waals surface area (Å²) in [6.07, 6.45) is 0.122. The van der Waals surface area contributed by atoms with Crippen LogP contribution in [0.2, 0.25) is 0 Å². The minimum atomic E-state index is 0.0425. The summed E-state index contributed by atoms with van der Waals surface area (Å²) in [5.74, 6) is 0. The van der Waals surface area contributed by atoms with E-state index in [-0.39, 0.29) is 17.7 Å². The number of rotatable bonds is 8. The third-order valence-electron chi connectivity index (χ3n) is 3.31. The van der Waals surface area contributed by atoms with Gasteiger partial charge in [0.25, 0.3) is 0 Å². The molecule has 0 aliphatic heterocycles. The Kier molecular flexibility index (Phi) is 7.36. The van der Waals surface area contributed by atoms with E-state index >= 15 is 0 Å². The highest BCUT2D eigenvalue weighted by Crippen LogP contribution is 2.23. The third kappa shape index (κ3) is 7.07. The Morgan fingerprint density at radius 2 is 1.86 bits per heavy atom. The second-order valence-electron chi connectivity index (χ2n) is 6.58. The van der Waals surface area contributed by atoms with Crippen LogP contribution in [0.3, 0.4) is 0 Å². The summed E-state index contributed by atoms with van der Waals surface area (Å²) in [4.78, 5) is 0. The van der Waals surface area contributed by atoms with Gasteiger partial charge in [0.05, 0.1) is 18.8 Å². The van der Waals surface area contributed by atoms with Gasteiger partial charge in [0.1, 0.15) is 0 Å². The molecular formula is C18H31NO2. The molecule has 0 spiro atoms. The fraction of sp³-hybridized carbons (Fsp3) is 0.667. The molecule has 2 atom stereocenters. The zero-order valence-electron chi connectivity index (χ0n) is 14.4. The van der Waals surface area contributed by atoms with Crippen LogP contribution in [0.4, 0.5) is 0 Å². The number of benzene rings is 1. The molecule has 0 saturated heterocycles. The van der Waals surface area contributed by atoms with Crippen LogP contribution in [0.25, 0.3) is 0 Å². The normalized spacial score (nSPS) is 15.0. The molecular weight excluding hydrogens is 262 g/mol. The van der Waals surface area contributed by atoms with Gasteiger partial charge in [-0.1, -0.05) is 24.3 Å². The quantitative estimate of drug-likeness (QED) is 0.789. The van der Waals surface area contributed by atoms with E-state index < -0.39 is 0 Å². The second kappa shape index (κ2) is 8.52. The second-order valence-corrected chi connectivity index (χ2v) is 6.58. The predicted molar refractivity (Wildman–Crippen MR) is 88.7 cm³/mol. The van der Waals surface area contributed by atoms with E-state index in [9.17, 15) is 0 Å². The Labute approximate surface area is 130 Å². The Morgan fingerprint density at radius 1 is 1.19 bits per heavy atom. The van der Waals surface area contributed by atoms with Crippen molar-refractivity contribution in [2.24, 2.45) is 0 Å². The van der Waals surface area contributed by atoms with E-state index in [0.29, 0.717) is 6.61 Å². The molecule has 0 aliphatic rings. The first-order chi connectivity index (χ1) is 9.83. The maximum atomic E-state index is 6.23. The molecule has 120 valence electrons. The highest BCUT2D eigenvalue weighted by atomic mass is 16.5. The molecule has 0 aromatic heterocycles. The van der Waals surface area contributed by atoms with Crippen LogP contribution >= 0.6 is 0 Å². The SMILES string of the molecule is CCOCC(C)OC(CNC(C)(C)C)c1ccccc1C. The summed E-state index contributed by atoms with van der Waals surface area (Å²) < 4.78 is 11.7. The van der Waals surface area contributed by atoms with Gasteiger partial charge in [-0.15, -0.1) is 0 Å². The van der Waals surface area contributed by atoms with Crippen molar-refractivity contribution in [2.45, 2.75) is 59.3 Å². The summed E-state index contributed by atoms with van der Waals surface area (Å²) in [6, 6.07) is 8.42. The molecule has 3 nitrogen and oxygen atoms in total. The standard InChI is InChI=1S/C18H31NO2/c1-7-20-13-15(3)21-17(12-19-18(4,5)6)16-11-9-8-10-14(16)2/h8-11,15,17,19H,7,12-13H2,1-6H3. The van der Waals surface area contributed by atoms with Gasteiger partial charge in [0, 0.05) is 18.7 Å². The molecule has 0 heterocycles. The zero-order valence-corrected chi connectivity index (χ0v) is 14.4. The van der Waals surface area contributed by atoms with Crippen LogP contribution < -0.4 is 5.32 Å². The van der Waals surface area contributed by atoms with Crippen LogP contribution in [-0.2, 0) is 9.47 Å². The first-order valence-electron chi connectivity index (χ1n) is 7.87. The van der Waals surface area contributed by atoms with Crippen molar-refractivity contribution in [3.63, 3.8) is 0 Å². The fourth-order valence-corrected chi connectivity index (χ4v) is 2.18. The average molecular weight is 293 g/mol. The van der Waals surface area contributed by atoms with Crippen molar-refractivity contribution in [1.82, 2.24) is 5.32 Å². The van der Waals surface area contributed by atoms with E-state index in [1.807, 2.05) is 6.92 Å². The number of aryl methyl sites for hydroxylation is 1. The van der Waals surface area contributed by atoms with Gasteiger partial charge in [0.15, 0.2) is 0 Å². The molecule has 0 aliphatic carbocycles. The highest BCUT2D eigenvalue weighted by Gasteiger charge is 2.20. The third-order valence-corrected chi connectivity index (χ3v) is 3.31. The maximum Gasteiger partial charge on any atom is 0.0956 e. The smallest absolute Gasteiger partial charge is 0.0956 e. The number of nitrogens with one attached hydrogen (secondary N) is 1. The number of ether oxygens (including phenoxy) is 2. The van der Waals surface area contributed by atoms with Crippen LogP contribution in [-0.4, -0.2) is 31.4 Å². The minimum Gasteiger partial charge on any atom is -0.379 e. The summed E-state index contributed by atoms with van der Waals surface area (Å²) in [5, 5.41) is 3.54. The molecule has 1 N–H and O–H groups in total. The van der Waals surface area contributed by atoms with Crippen LogP contribution in [0.5, 0.6) is 0 Å². The van der Waals surface area contributed by atoms with Gasteiger partial charge >= 0.3 is 0 Å². The van der Waals surface area contributed by atoms with Crippen molar-refractivity contribution >= 4 is 0 Å². The van der Waals surface area contributed by atoms with E-state index in [1.165, 1.54) is 11.1 Å². The largest absolute Gasteiger partial charge is 0.379 e. The lowest BCUT2D eigenvalue weighted by Gasteiger charge is -2.28. The van der Waals surface area contributed by atoms with Gasteiger partial charge in [0.2, 0.25) is 0 Å². The van der Waals surface area contributed by atoms with E-state index in [1.54, 1.807) is 0 Å². The Bertz CT molecular complexity index is 412. The van der Waals surface area contributed by atoms with Crippen LogP contribution in [0.1, 0.15) is 51.8 Å². The molecule has 1 rings (SSSR count). The van der Waals surface area contributed by atoms with Crippen molar-refractivity contribution in [3.05, 3.63) is 35.4 Å². The number of hydrogen-bond acceptors (Lipinski definition) is 3. The molecule has 0 radical (unpaired) electrons. The average Bonchev–Trinajstić information content (AvgIpc) is 2.41. The lowest BCUT2D eigenvalue weighted by atomic mass is 10.0. The summed E-state index contributed by atoms with van der Waals surface area (Å²) in [7, 11) is 0. The Morgan fingerprint density at radius 3 is 2.43 bits per heavy atom. The molecule has 2 unspecified atom stereocenters. The van der Waals surface area contributed by atoms with Crippen molar-refractivity contribution < 1.29 is 9.47 Å². The van der Waals surface area contributed by atoms with Crippen molar-refractivity contribution in [3.8, 4) is 0 Å². The monoisotopic (exact) mass is 293 g/mol. The van der Waals surface area contributed by atoms with Gasteiger partial charge in [-0.25, -0.2) is 0 Å². The van der Waals surface area contributed by atoms with Crippen LogP contribution in [0.15, 0.2) is 24.3 Å². The topological polar surface area (TPSA) is 30.5 Å². The van der Waals surface area contributed by atoms with Crippen molar-refractivity contribution in [1.29, 1.82) is 0 Å². The van der Waals surface area contributed by atoms with E-state index in [0.717, 1.165) is 13.2 Å². The van der Waals surface area contributed by atoms with Gasteiger partial charge in [-0.05, 0) is 52.7 Å². The van der Waals surface area contributed by atoms with Gasteiger partial charge in [-0.2, -0.15) is 0 Å². The van der Waals surface area contributed by atoms with Gasteiger partial charge < -0.3 is 14.8 Å². The summed E-state index contributed by atoms with van der Waals surface area (Å²) in [5.41, 5.74) is 2.59. The number of hydrogen-bond donors (Lipinski definition) is 1. The minimum absolute atomic E-state index is 0.0425. The molecule has 1 aromatic rings. The van der Waals surface area contributed by atoms with Gasteiger partial charge in [-0.3, -0.25) is 0 Å². The molecule has 21 heavy (non-hydrogen) atoms. The molecule has 0 amide bonds. The van der Waals surface area contributed by atoms with Crippen molar-refractivity contribution in [2.75, 3.05) is 19.8 Å². The lowest BCUT2D eigenvalue weighted by molar-refractivity contribution is -0.0488. The highest BCUT2D eigenvalue weighted by molar-refractivity contribution is 5.28. The predicted octanol–water partition coefficient (Wildman–Crippen LogP) is 3.87. The van der Waals surface area contributed by atoms with E-state index in [4.69, 9.17) is 9.47 Å². The molecule has 1 aromatic carbocycles. The fourth-order valence-electron chi connectivity index (χ4n) is 2.18. The molecule has 0 fully saturated rings. The van der Waals surface area contributed by atoms with E-state index in [2.05, 4.69) is 64.2 Å². The van der Waals surface area contributed by atoms with Crippen LogP contribution in [0, 0.1) is 6.92 Å². The first-order valence-corrected chi connectivity index (χ1v) is 7.87. The molecule has 3 heteroatoms. The maximum absolute atomic E-state index is 6.23. The Hall–Kier alpha value is -0.900. The molecule has 0 bridgehead atoms. The summed E-state index contributed by atoms with van der Waals surface area (Å²) in [6.45, 7) is 14.9. The molecule has 0 saturated carbocycles. The zero-order chi connectivity index (χ0) is 15.9. The Balaban J connectivity index is 2.77. The first kappa shape index (κ1) is 18.1. The lowest BCUT2D eigenvalue weighted by Crippen LogP contribution is -2.40.